The second-order valence-corrected chi connectivity index (χ2v) is 5.81. The van der Waals surface area contributed by atoms with Gasteiger partial charge < -0.3 is 9.63 Å². The lowest BCUT2D eigenvalue weighted by atomic mass is 9.76. The van der Waals surface area contributed by atoms with Crippen LogP contribution in [0.1, 0.15) is 45.3 Å². The van der Waals surface area contributed by atoms with Crippen molar-refractivity contribution in [3.8, 4) is 0 Å². The van der Waals surface area contributed by atoms with Crippen LogP contribution in [0.3, 0.4) is 0 Å². The molecule has 1 fully saturated rings. The van der Waals surface area contributed by atoms with Crippen LogP contribution in [-0.4, -0.2) is 21.2 Å². The van der Waals surface area contributed by atoms with E-state index < -0.39 is 11.4 Å². The van der Waals surface area contributed by atoms with Crippen LogP contribution in [0.4, 0.5) is 0 Å². The molecule has 0 aliphatic heterocycles. The molecule has 1 aromatic heterocycles. The number of carboxylic acid groups (broad SMARTS) is 1. The molecule has 1 aliphatic rings. The topological polar surface area (TPSA) is 76.2 Å². The molecule has 5 heteroatoms. The van der Waals surface area contributed by atoms with Gasteiger partial charge in [0.25, 0.3) is 0 Å². The molecule has 100 valence electrons. The van der Waals surface area contributed by atoms with Crippen LogP contribution in [0.25, 0.3) is 0 Å². The molecule has 1 atom stereocenters. The molecule has 1 aliphatic carbocycles. The number of hydrogen-bond donors (Lipinski definition) is 1. The zero-order valence-corrected chi connectivity index (χ0v) is 11.1. The highest BCUT2D eigenvalue weighted by atomic mass is 16.5. The fourth-order valence-corrected chi connectivity index (χ4v) is 1.87. The van der Waals surface area contributed by atoms with Gasteiger partial charge in [-0.25, -0.2) is 0 Å². The molecular weight excluding hydrogens is 232 g/mol. The van der Waals surface area contributed by atoms with Crippen LogP contribution < -0.4 is 0 Å². The van der Waals surface area contributed by atoms with E-state index in [1.807, 2.05) is 13.8 Å². The average Bonchev–Trinajstić information content (AvgIpc) is 2.98. The van der Waals surface area contributed by atoms with Gasteiger partial charge in [-0.2, -0.15) is 4.98 Å². The van der Waals surface area contributed by atoms with Crippen molar-refractivity contribution in [1.29, 1.82) is 0 Å². The van der Waals surface area contributed by atoms with Crippen LogP contribution in [0, 0.1) is 17.3 Å². The third-order valence-electron chi connectivity index (χ3n) is 3.96. The van der Waals surface area contributed by atoms with E-state index in [1.165, 1.54) is 12.8 Å². The Hall–Kier alpha value is -1.39. The van der Waals surface area contributed by atoms with E-state index in [1.54, 1.807) is 6.92 Å². The predicted molar refractivity (Wildman–Crippen MR) is 65.0 cm³/mol. The maximum Gasteiger partial charge on any atom is 0.310 e. The Kier molecular flexibility index (Phi) is 3.41. The fraction of sp³-hybridized carbons (Fsp3) is 0.769. The first-order valence-corrected chi connectivity index (χ1v) is 6.46. The van der Waals surface area contributed by atoms with E-state index in [2.05, 4.69) is 10.1 Å². The quantitative estimate of drug-likeness (QED) is 0.840. The smallest absolute Gasteiger partial charge is 0.310 e. The van der Waals surface area contributed by atoms with Crippen molar-refractivity contribution >= 4 is 5.97 Å². The normalized spacial score (nSPS) is 18.9. The summed E-state index contributed by atoms with van der Waals surface area (Å²) in [4.78, 5) is 15.7. The van der Waals surface area contributed by atoms with Crippen molar-refractivity contribution in [1.82, 2.24) is 10.1 Å². The third kappa shape index (κ3) is 2.71. The number of nitrogens with zero attached hydrogens (tertiary/aromatic N) is 2. The molecule has 0 aromatic carbocycles. The summed E-state index contributed by atoms with van der Waals surface area (Å²) in [6.45, 7) is 5.52. The number of aromatic nitrogens is 2. The molecule has 1 aromatic rings. The minimum atomic E-state index is -0.858. The summed E-state index contributed by atoms with van der Waals surface area (Å²) in [5.74, 6) is 1.04. The summed E-state index contributed by atoms with van der Waals surface area (Å²) >= 11 is 0. The lowest BCUT2D eigenvalue weighted by molar-refractivity contribution is -0.150. The molecular formula is C13H20N2O3. The molecule has 0 amide bonds. The predicted octanol–water partition coefficient (Wildman–Crippen LogP) is 2.31. The molecule has 18 heavy (non-hydrogen) atoms. The zero-order valence-electron chi connectivity index (χ0n) is 11.1. The van der Waals surface area contributed by atoms with Gasteiger partial charge in [0.15, 0.2) is 5.82 Å². The highest BCUT2D eigenvalue weighted by Gasteiger charge is 2.38. The van der Waals surface area contributed by atoms with Gasteiger partial charge in [0.1, 0.15) is 0 Å². The largest absolute Gasteiger partial charge is 0.481 e. The van der Waals surface area contributed by atoms with E-state index in [4.69, 9.17) is 4.52 Å². The van der Waals surface area contributed by atoms with Crippen molar-refractivity contribution in [3.63, 3.8) is 0 Å². The zero-order chi connectivity index (χ0) is 13.3. The minimum Gasteiger partial charge on any atom is -0.481 e. The van der Waals surface area contributed by atoms with Gasteiger partial charge in [-0.15, -0.1) is 0 Å². The summed E-state index contributed by atoms with van der Waals surface area (Å²) < 4.78 is 5.16. The van der Waals surface area contributed by atoms with Crippen LogP contribution in [0.5, 0.6) is 0 Å². The number of rotatable bonds is 6. The number of carbonyl (C=O) groups is 1. The van der Waals surface area contributed by atoms with Crippen LogP contribution in [-0.2, 0) is 17.6 Å². The summed E-state index contributed by atoms with van der Waals surface area (Å²) in [6.07, 6.45) is 3.62. The van der Waals surface area contributed by atoms with Crippen molar-refractivity contribution < 1.29 is 14.4 Å². The Morgan fingerprint density at radius 2 is 2.22 bits per heavy atom. The number of aliphatic carboxylic acids is 1. The lowest BCUT2D eigenvalue weighted by Gasteiger charge is -2.27. The molecule has 2 rings (SSSR count). The summed E-state index contributed by atoms with van der Waals surface area (Å²) in [5.41, 5.74) is -0.858. The van der Waals surface area contributed by atoms with Gasteiger partial charge in [0.05, 0.1) is 5.41 Å². The molecule has 1 heterocycles. The Bertz CT molecular complexity index is 437. The Labute approximate surface area is 107 Å². The van der Waals surface area contributed by atoms with Crippen molar-refractivity contribution in [2.75, 3.05) is 0 Å². The van der Waals surface area contributed by atoms with Gasteiger partial charge in [-0.05, 0) is 31.6 Å². The fourth-order valence-electron chi connectivity index (χ4n) is 1.87. The van der Waals surface area contributed by atoms with Gasteiger partial charge in [-0.1, -0.05) is 19.0 Å². The van der Waals surface area contributed by atoms with Crippen LogP contribution in [0.2, 0.25) is 0 Å². The van der Waals surface area contributed by atoms with Crippen LogP contribution in [0.15, 0.2) is 4.52 Å². The maximum atomic E-state index is 11.4. The van der Waals surface area contributed by atoms with Gasteiger partial charge in [0, 0.05) is 12.8 Å². The van der Waals surface area contributed by atoms with Crippen molar-refractivity contribution in [3.05, 3.63) is 11.7 Å². The summed E-state index contributed by atoms with van der Waals surface area (Å²) in [5, 5.41) is 13.3. The lowest BCUT2D eigenvalue weighted by Crippen LogP contribution is -2.35. The molecule has 1 N–H and O–H groups in total. The minimum absolute atomic E-state index is 0.00813. The number of carboxylic acids is 1. The van der Waals surface area contributed by atoms with Gasteiger partial charge >= 0.3 is 5.97 Å². The second kappa shape index (κ2) is 4.71. The average molecular weight is 252 g/mol. The van der Waals surface area contributed by atoms with E-state index >= 15 is 0 Å². The van der Waals surface area contributed by atoms with Crippen LogP contribution >= 0.6 is 0 Å². The standard InChI is InChI=1S/C13H20N2O3/c1-8(2)13(3,12(16)17)7-11-14-10(15-18-11)6-9-4-5-9/h8-9H,4-7H2,1-3H3,(H,16,17). The Balaban J connectivity index is 2.06. The van der Waals surface area contributed by atoms with E-state index in [0.717, 1.165) is 6.42 Å². The molecule has 5 nitrogen and oxygen atoms in total. The molecule has 1 saturated carbocycles. The highest BCUT2D eigenvalue weighted by Crippen LogP contribution is 2.33. The van der Waals surface area contributed by atoms with Crippen molar-refractivity contribution in [2.24, 2.45) is 17.3 Å². The first kappa shape index (κ1) is 13.1. The van der Waals surface area contributed by atoms with E-state index in [-0.39, 0.29) is 12.3 Å². The monoisotopic (exact) mass is 252 g/mol. The maximum absolute atomic E-state index is 11.4. The number of hydrogen-bond acceptors (Lipinski definition) is 4. The SMILES string of the molecule is CC(C)C(C)(Cc1nc(CC2CC2)no1)C(=O)O. The molecule has 0 spiro atoms. The molecule has 0 radical (unpaired) electrons. The Morgan fingerprint density at radius 3 is 2.72 bits per heavy atom. The molecule has 0 saturated heterocycles. The highest BCUT2D eigenvalue weighted by molar-refractivity contribution is 5.74. The van der Waals surface area contributed by atoms with Gasteiger partial charge in [-0.3, -0.25) is 4.79 Å². The molecule has 0 bridgehead atoms. The summed E-state index contributed by atoms with van der Waals surface area (Å²) in [6, 6.07) is 0. The molecule has 1 unspecified atom stereocenters. The summed E-state index contributed by atoms with van der Waals surface area (Å²) in [7, 11) is 0. The first-order valence-electron chi connectivity index (χ1n) is 6.46. The Morgan fingerprint density at radius 1 is 1.56 bits per heavy atom. The van der Waals surface area contributed by atoms with Gasteiger partial charge in [0.2, 0.25) is 5.89 Å². The third-order valence-corrected chi connectivity index (χ3v) is 3.96. The van der Waals surface area contributed by atoms with Crippen molar-refractivity contribution in [2.45, 2.75) is 46.5 Å². The van der Waals surface area contributed by atoms with E-state index in [0.29, 0.717) is 17.6 Å². The first-order chi connectivity index (χ1) is 8.41. The van der Waals surface area contributed by atoms with E-state index in [9.17, 15) is 9.90 Å². The second-order valence-electron chi connectivity index (χ2n) is 5.81.